The Bertz CT molecular complexity index is 328. The Balaban J connectivity index is 2.72. The number of nitrogens with zero attached hydrogens (tertiary/aromatic N) is 1. The summed E-state index contributed by atoms with van der Waals surface area (Å²) in [6.45, 7) is 3.32. The van der Waals surface area contributed by atoms with Gasteiger partial charge in [0.15, 0.2) is 0 Å². The lowest BCUT2D eigenvalue weighted by molar-refractivity contribution is 0.704. The fraction of sp³-hybridized carbons (Fsp3) is 0.538. The van der Waals surface area contributed by atoms with Crippen molar-refractivity contribution < 1.29 is 0 Å². The number of unbranched alkanes of at least 4 members (excludes halogenated alkanes) is 2. The maximum atomic E-state index is 5.95. The number of hydrogen-bond donors (Lipinski definition) is 0. The molecule has 1 nitrogen and oxygen atoms in total. The second-order valence-corrected chi connectivity index (χ2v) is 5.22. The van der Waals surface area contributed by atoms with E-state index in [1.807, 2.05) is 6.07 Å². The lowest BCUT2D eigenvalue weighted by Gasteiger charge is -2.22. The Hall–Kier alpha value is -0.210. The van der Waals surface area contributed by atoms with Gasteiger partial charge < -0.3 is 4.90 Å². The normalized spacial score (nSPS) is 10.5. The summed E-state index contributed by atoms with van der Waals surface area (Å²) in [5.74, 6) is 0.570. The van der Waals surface area contributed by atoms with Gasteiger partial charge in [-0.2, -0.15) is 0 Å². The molecule has 0 unspecified atom stereocenters. The molecular formula is C13H19BrClN. The van der Waals surface area contributed by atoms with E-state index in [4.69, 9.17) is 11.6 Å². The summed E-state index contributed by atoms with van der Waals surface area (Å²) in [6, 6.07) is 6.27. The van der Waals surface area contributed by atoms with Crippen LogP contribution in [0.15, 0.2) is 22.7 Å². The monoisotopic (exact) mass is 303 g/mol. The standard InChI is InChI=1S/C13H19BrClN/c1-3-4-5-8-16(2)13-9-12(14)7-6-11(13)10-15/h6-7,9H,3-5,8,10H2,1-2H3. The van der Waals surface area contributed by atoms with E-state index in [2.05, 4.69) is 46.9 Å². The van der Waals surface area contributed by atoms with Crippen molar-refractivity contribution in [2.45, 2.75) is 32.1 Å². The first-order valence-corrected chi connectivity index (χ1v) is 7.07. The van der Waals surface area contributed by atoms with Crippen LogP contribution in [0.25, 0.3) is 0 Å². The van der Waals surface area contributed by atoms with E-state index in [1.54, 1.807) is 0 Å². The average molecular weight is 305 g/mol. The summed E-state index contributed by atoms with van der Waals surface area (Å²) < 4.78 is 1.11. The molecule has 1 aromatic rings. The molecule has 0 atom stereocenters. The van der Waals surface area contributed by atoms with E-state index >= 15 is 0 Å². The van der Waals surface area contributed by atoms with Crippen LogP contribution in [0.5, 0.6) is 0 Å². The molecule has 0 spiro atoms. The van der Waals surface area contributed by atoms with Crippen LogP contribution in [0.3, 0.4) is 0 Å². The van der Waals surface area contributed by atoms with Gasteiger partial charge in [-0.3, -0.25) is 0 Å². The first-order valence-electron chi connectivity index (χ1n) is 5.74. The van der Waals surface area contributed by atoms with Crippen LogP contribution in [0.4, 0.5) is 5.69 Å². The highest BCUT2D eigenvalue weighted by atomic mass is 79.9. The average Bonchev–Trinajstić information content (AvgIpc) is 2.29. The second-order valence-electron chi connectivity index (χ2n) is 4.04. The summed E-state index contributed by atoms with van der Waals surface area (Å²) in [7, 11) is 2.13. The van der Waals surface area contributed by atoms with Crippen LogP contribution in [0.1, 0.15) is 31.7 Å². The Labute approximate surface area is 112 Å². The van der Waals surface area contributed by atoms with Gasteiger partial charge in [-0.25, -0.2) is 0 Å². The van der Waals surface area contributed by atoms with Gasteiger partial charge in [0.25, 0.3) is 0 Å². The molecule has 16 heavy (non-hydrogen) atoms. The van der Waals surface area contributed by atoms with Crippen molar-refractivity contribution in [1.82, 2.24) is 0 Å². The topological polar surface area (TPSA) is 3.24 Å². The summed E-state index contributed by atoms with van der Waals surface area (Å²) in [6.07, 6.45) is 3.78. The largest absolute Gasteiger partial charge is 0.374 e. The Morgan fingerprint density at radius 1 is 1.31 bits per heavy atom. The molecule has 1 aromatic carbocycles. The molecule has 0 saturated carbocycles. The molecule has 0 aliphatic rings. The zero-order chi connectivity index (χ0) is 12.0. The Kier molecular flexibility index (Phi) is 6.22. The number of halogens is 2. The van der Waals surface area contributed by atoms with Crippen molar-refractivity contribution in [3.63, 3.8) is 0 Å². The zero-order valence-electron chi connectivity index (χ0n) is 9.97. The van der Waals surface area contributed by atoms with Gasteiger partial charge in [-0.1, -0.05) is 41.8 Å². The quantitative estimate of drug-likeness (QED) is 0.538. The van der Waals surface area contributed by atoms with E-state index in [9.17, 15) is 0 Å². The van der Waals surface area contributed by atoms with E-state index in [1.165, 1.54) is 30.5 Å². The van der Waals surface area contributed by atoms with Crippen LogP contribution in [0, 0.1) is 0 Å². The van der Waals surface area contributed by atoms with E-state index in [0.717, 1.165) is 11.0 Å². The highest BCUT2D eigenvalue weighted by molar-refractivity contribution is 9.10. The minimum atomic E-state index is 0.570. The number of anilines is 1. The van der Waals surface area contributed by atoms with Crippen molar-refractivity contribution in [3.05, 3.63) is 28.2 Å². The lowest BCUT2D eigenvalue weighted by atomic mass is 10.1. The number of alkyl halides is 1. The van der Waals surface area contributed by atoms with Crippen LogP contribution < -0.4 is 4.90 Å². The lowest BCUT2D eigenvalue weighted by Crippen LogP contribution is -2.19. The highest BCUT2D eigenvalue weighted by Gasteiger charge is 2.07. The van der Waals surface area contributed by atoms with Gasteiger partial charge in [0.1, 0.15) is 0 Å². The minimum absolute atomic E-state index is 0.570. The predicted molar refractivity (Wildman–Crippen MR) is 76.5 cm³/mol. The number of benzene rings is 1. The van der Waals surface area contributed by atoms with E-state index in [-0.39, 0.29) is 0 Å². The van der Waals surface area contributed by atoms with Crippen molar-refractivity contribution >= 4 is 33.2 Å². The molecule has 0 saturated heterocycles. The Morgan fingerprint density at radius 3 is 2.69 bits per heavy atom. The third kappa shape index (κ3) is 3.99. The van der Waals surface area contributed by atoms with Crippen LogP contribution in [0.2, 0.25) is 0 Å². The van der Waals surface area contributed by atoms with Gasteiger partial charge in [0.05, 0.1) is 0 Å². The molecule has 90 valence electrons. The fourth-order valence-corrected chi connectivity index (χ4v) is 2.30. The highest BCUT2D eigenvalue weighted by Crippen LogP contribution is 2.26. The molecule has 3 heteroatoms. The molecule has 0 N–H and O–H groups in total. The molecule has 0 aliphatic carbocycles. The molecular weight excluding hydrogens is 286 g/mol. The fourth-order valence-electron chi connectivity index (χ4n) is 1.72. The zero-order valence-corrected chi connectivity index (χ0v) is 12.3. The van der Waals surface area contributed by atoms with Crippen LogP contribution in [-0.4, -0.2) is 13.6 Å². The molecule has 0 radical (unpaired) electrons. The van der Waals surface area contributed by atoms with E-state index in [0.29, 0.717) is 5.88 Å². The van der Waals surface area contributed by atoms with Crippen molar-refractivity contribution in [2.24, 2.45) is 0 Å². The molecule has 0 bridgehead atoms. The molecule has 1 rings (SSSR count). The number of rotatable bonds is 6. The van der Waals surface area contributed by atoms with Gasteiger partial charge in [-0.05, 0) is 24.1 Å². The first-order chi connectivity index (χ1) is 7.69. The smallest absolute Gasteiger partial charge is 0.0494 e. The molecule has 0 aliphatic heterocycles. The second kappa shape index (κ2) is 7.18. The molecule has 0 fully saturated rings. The molecule has 0 heterocycles. The van der Waals surface area contributed by atoms with Gasteiger partial charge in [0.2, 0.25) is 0 Å². The maximum absolute atomic E-state index is 5.95. The summed E-state index contributed by atoms with van der Waals surface area (Å²) in [4.78, 5) is 2.29. The molecule has 0 amide bonds. The van der Waals surface area contributed by atoms with E-state index < -0.39 is 0 Å². The maximum Gasteiger partial charge on any atom is 0.0494 e. The van der Waals surface area contributed by atoms with Gasteiger partial charge in [0, 0.05) is 29.6 Å². The summed E-state index contributed by atoms with van der Waals surface area (Å²) in [5.41, 5.74) is 2.43. The SMILES string of the molecule is CCCCCN(C)c1cc(Br)ccc1CCl. The number of hydrogen-bond acceptors (Lipinski definition) is 1. The third-order valence-electron chi connectivity index (χ3n) is 2.70. The minimum Gasteiger partial charge on any atom is -0.374 e. The van der Waals surface area contributed by atoms with Gasteiger partial charge in [-0.15, -0.1) is 11.6 Å². The van der Waals surface area contributed by atoms with Crippen LogP contribution in [-0.2, 0) is 5.88 Å². The van der Waals surface area contributed by atoms with Crippen molar-refractivity contribution in [1.29, 1.82) is 0 Å². The van der Waals surface area contributed by atoms with Crippen LogP contribution >= 0.6 is 27.5 Å². The Morgan fingerprint density at radius 2 is 2.06 bits per heavy atom. The molecule has 0 aromatic heterocycles. The summed E-state index contributed by atoms with van der Waals surface area (Å²) in [5, 5.41) is 0. The third-order valence-corrected chi connectivity index (χ3v) is 3.48. The first kappa shape index (κ1) is 13.9. The van der Waals surface area contributed by atoms with Gasteiger partial charge >= 0.3 is 0 Å². The summed E-state index contributed by atoms with van der Waals surface area (Å²) >= 11 is 9.45. The van der Waals surface area contributed by atoms with Crippen molar-refractivity contribution in [2.75, 3.05) is 18.5 Å². The predicted octanol–water partition coefficient (Wildman–Crippen LogP) is 4.81. The van der Waals surface area contributed by atoms with Crippen molar-refractivity contribution in [3.8, 4) is 0 Å².